The van der Waals surface area contributed by atoms with E-state index in [2.05, 4.69) is 34.5 Å². The Morgan fingerprint density at radius 2 is 1.82 bits per heavy atom. The van der Waals surface area contributed by atoms with Crippen molar-refractivity contribution in [2.24, 2.45) is 5.73 Å². The average molecular weight is 377 g/mol. The number of fused-ring (bicyclic) bond motifs is 1. The topological polar surface area (TPSA) is 75.4 Å². The van der Waals surface area contributed by atoms with Crippen molar-refractivity contribution in [1.29, 1.82) is 0 Å². The molecule has 2 aliphatic carbocycles. The van der Waals surface area contributed by atoms with Crippen LogP contribution in [0.25, 0.3) is 0 Å². The van der Waals surface area contributed by atoms with Crippen LogP contribution >= 0.6 is 0 Å². The van der Waals surface area contributed by atoms with Crippen molar-refractivity contribution in [3.8, 4) is 0 Å². The summed E-state index contributed by atoms with van der Waals surface area (Å²) in [6.07, 6.45) is 4.33. The molecule has 3 N–H and O–H groups in total. The maximum atomic E-state index is 13.4. The Hall–Kier alpha value is -2.82. The Bertz CT molecular complexity index is 891. The van der Waals surface area contributed by atoms with Crippen LogP contribution in [0.4, 0.5) is 4.79 Å². The molecule has 2 aromatic rings. The number of hydrogen-bond donors (Lipinski definition) is 2. The van der Waals surface area contributed by atoms with Crippen LogP contribution < -0.4 is 11.1 Å². The molecule has 146 valence electrons. The highest BCUT2D eigenvalue weighted by Gasteiger charge is 2.40. The number of aryl methyl sites for hydroxylation is 2. The smallest absolute Gasteiger partial charge is 0.312 e. The highest BCUT2D eigenvalue weighted by molar-refractivity contribution is 5.80. The Labute approximate surface area is 165 Å². The van der Waals surface area contributed by atoms with Gasteiger partial charge in [0.1, 0.15) is 0 Å². The van der Waals surface area contributed by atoms with Gasteiger partial charge < -0.3 is 16.0 Å². The first-order valence-electron chi connectivity index (χ1n) is 10.0. The van der Waals surface area contributed by atoms with Crippen LogP contribution in [0.3, 0.4) is 0 Å². The lowest BCUT2D eigenvalue weighted by Gasteiger charge is -2.32. The first kappa shape index (κ1) is 18.5. The lowest BCUT2D eigenvalue weighted by molar-refractivity contribution is -0.135. The Morgan fingerprint density at radius 1 is 1.11 bits per heavy atom. The molecule has 0 heterocycles. The minimum Gasteiger partial charge on any atom is -0.352 e. The third-order valence-electron chi connectivity index (χ3n) is 5.92. The fourth-order valence-corrected chi connectivity index (χ4v) is 4.48. The highest BCUT2D eigenvalue weighted by Crippen LogP contribution is 2.42. The summed E-state index contributed by atoms with van der Waals surface area (Å²) in [7, 11) is 0. The number of nitrogens with two attached hydrogens (primary N) is 1. The van der Waals surface area contributed by atoms with E-state index in [1.54, 1.807) is 0 Å². The second kappa shape index (κ2) is 7.66. The van der Waals surface area contributed by atoms with Gasteiger partial charge in [0.25, 0.3) is 0 Å². The fraction of sp³-hybridized carbons (Fsp3) is 0.391. The molecule has 2 atom stereocenters. The maximum Gasteiger partial charge on any atom is 0.312 e. The predicted octanol–water partition coefficient (Wildman–Crippen LogP) is 3.77. The van der Waals surface area contributed by atoms with Crippen molar-refractivity contribution >= 4 is 11.9 Å². The largest absolute Gasteiger partial charge is 0.352 e. The molecule has 3 amide bonds. The molecule has 5 heteroatoms. The molecule has 5 nitrogen and oxygen atoms in total. The van der Waals surface area contributed by atoms with Gasteiger partial charge >= 0.3 is 6.03 Å². The molecule has 0 spiro atoms. The number of nitrogens with one attached hydrogen (secondary N) is 1. The number of carbonyl (C=O) groups excluding carboxylic acids is 2. The second-order valence-corrected chi connectivity index (χ2v) is 7.91. The van der Waals surface area contributed by atoms with E-state index in [-0.39, 0.29) is 18.4 Å². The molecule has 4 rings (SSSR count). The van der Waals surface area contributed by atoms with Gasteiger partial charge in [0.05, 0.1) is 18.5 Å². The van der Waals surface area contributed by atoms with Crippen LogP contribution in [-0.4, -0.2) is 22.9 Å². The van der Waals surface area contributed by atoms with E-state index in [0.717, 1.165) is 36.8 Å². The lowest BCUT2D eigenvalue weighted by Crippen LogP contribution is -2.40. The molecule has 0 unspecified atom stereocenters. The molecule has 0 radical (unpaired) electrons. The molecule has 0 aromatic heterocycles. The van der Waals surface area contributed by atoms with Gasteiger partial charge in [-0.05, 0) is 54.9 Å². The average Bonchev–Trinajstić information content (AvgIpc) is 3.41. The van der Waals surface area contributed by atoms with Crippen molar-refractivity contribution in [1.82, 2.24) is 10.2 Å². The molecular formula is C23H27N3O2. The van der Waals surface area contributed by atoms with E-state index in [1.165, 1.54) is 11.1 Å². The van der Waals surface area contributed by atoms with Crippen LogP contribution in [0.15, 0.2) is 48.5 Å². The van der Waals surface area contributed by atoms with Gasteiger partial charge in [-0.1, -0.05) is 48.5 Å². The second-order valence-electron chi connectivity index (χ2n) is 7.91. The van der Waals surface area contributed by atoms with Gasteiger partial charge in [-0.25, -0.2) is 4.79 Å². The van der Waals surface area contributed by atoms with Gasteiger partial charge in [0.2, 0.25) is 5.91 Å². The maximum absolute atomic E-state index is 13.4. The third-order valence-corrected chi connectivity index (χ3v) is 5.92. The van der Waals surface area contributed by atoms with Crippen molar-refractivity contribution in [2.75, 3.05) is 0 Å². The molecule has 0 bridgehead atoms. The minimum absolute atomic E-state index is 0.0891. The number of amides is 3. The number of rotatable bonds is 6. The number of benzene rings is 2. The molecule has 0 saturated heterocycles. The van der Waals surface area contributed by atoms with Gasteiger partial charge in [0.15, 0.2) is 0 Å². The number of carbonyl (C=O) groups is 2. The first-order valence-corrected chi connectivity index (χ1v) is 10.0. The van der Waals surface area contributed by atoms with Crippen molar-refractivity contribution < 1.29 is 9.59 Å². The number of nitrogens with zero attached hydrogens (tertiary/aromatic N) is 1. The zero-order chi connectivity index (χ0) is 19.7. The summed E-state index contributed by atoms with van der Waals surface area (Å²) in [5, 5.41) is 2.78. The summed E-state index contributed by atoms with van der Waals surface area (Å²) >= 11 is 0. The monoisotopic (exact) mass is 377 g/mol. The molecule has 2 aliphatic rings. The summed E-state index contributed by atoms with van der Waals surface area (Å²) in [5.74, 6) is 0.0891. The molecule has 2 aromatic carbocycles. The number of hydrogen-bond acceptors (Lipinski definition) is 2. The summed E-state index contributed by atoms with van der Waals surface area (Å²) in [6, 6.07) is 15.7. The van der Waals surface area contributed by atoms with Crippen molar-refractivity contribution in [2.45, 2.75) is 57.2 Å². The van der Waals surface area contributed by atoms with Gasteiger partial charge in [0, 0.05) is 6.04 Å². The van der Waals surface area contributed by atoms with E-state index >= 15 is 0 Å². The van der Waals surface area contributed by atoms with Crippen molar-refractivity contribution in [3.05, 3.63) is 70.8 Å². The van der Waals surface area contributed by atoms with Crippen LogP contribution in [0.5, 0.6) is 0 Å². The predicted molar refractivity (Wildman–Crippen MR) is 109 cm³/mol. The quantitative estimate of drug-likeness (QED) is 0.804. The molecule has 1 saturated carbocycles. The van der Waals surface area contributed by atoms with Gasteiger partial charge in [-0.3, -0.25) is 4.79 Å². The zero-order valence-corrected chi connectivity index (χ0v) is 16.2. The van der Waals surface area contributed by atoms with E-state index in [0.29, 0.717) is 6.04 Å². The highest BCUT2D eigenvalue weighted by atomic mass is 16.2. The summed E-state index contributed by atoms with van der Waals surface area (Å²) in [6.45, 7) is 1.99. The van der Waals surface area contributed by atoms with Crippen LogP contribution in [-0.2, 0) is 11.2 Å². The first-order chi connectivity index (χ1) is 13.5. The van der Waals surface area contributed by atoms with Crippen LogP contribution in [0.1, 0.15) is 60.0 Å². The zero-order valence-electron chi connectivity index (χ0n) is 16.2. The molecular weight excluding hydrogens is 350 g/mol. The standard InChI is InChI=1S/C23H27N3O2/c1-15-6-2-4-8-18(15)20(25-23(24)28)14-22(27)26(17-11-12-17)21-13-10-16-7-3-5-9-19(16)21/h2-9,17,20-21H,10-14H2,1H3,(H3,24,25,28)/t20-,21-/m0/s1. The molecule has 28 heavy (non-hydrogen) atoms. The van der Waals surface area contributed by atoms with Crippen molar-refractivity contribution in [3.63, 3.8) is 0 Å². The number of urea groups is 1. The number of primary amides is 1. The summed E-state index contributed by atoms with van der Waals surface area (Å²) in [4.78, 5) is 27.1. The fourth-order valence-electron chi connectivity index (χ4n) is 4.48. The normalized spacial score (nSPS) is 19.0. The third kappa shape index (κ3) is 3.75. The van der Waals surface area contributed by atoms with Crippen LogP contribution in [0.2, 0.25) is 0 Å². The summed E-state index contributed by atoms with van der Waals surface area (Å²) in [5.41, 5.74) is 10.0. The Morgan fingerprint density at radius 3 is 2.54 bits per heavy atom. The molecule has 1 fully saturated rings. The Kier molecular flexibility index (Phi) is 5.07. The SMILES string of the molecule is Cc1ccccc1[C@H](CC(=O)N(C1CC1)[C@H]1CCc2ccccc21)NC(N)=O. The van der Waals surface area contributed by atoms with E-state index in [4.69, 9.17) is 5.73 Å². The van der Waals surface area contributed by atoms with E-state index in [1.807, 2.05) is 31.2 Å². The molecule has 0 aliphatic heterocycles. The van der Waals surface area contributed by atoms with Gasteiger partial charge in [-0.2, -0.15) is 0 Å². The Balaban J connectivity index is 1.59. The lowest BCUT2D eigenvalue weighted by atomic mass is 9.97. The van der Waals surface area contributed by atoms with E-state index < -0.39 is 12.1 Å². The summed E-state index contributed by atoms with van der Waals surface area (Å²) < 4.78 is 0. The minimum atomic E-state index is -0.606. The van der Waals surface area contributed by atoms with Crippen LogP contribution in [0, 0.1) is 6.92 Å². The van der Waals surface area contributed by atoms with Gasteiger partial charge in [-0.15, -0.1) is 0 Å². The van der Waals surface area contributed by atoms with E-state index in [9.17, 15) is 9.59 Å².